The van der Waals surface area contributed by atoms with Crippen molar-refractivity contribution in [1.82, 2.24) is 9.88 Å². The lowest BCUT2D eigenvalue weighted by atomic mass is 10.1. The second-order valence-corrected chi connectivity index (χ2v) is 4.33. The summed E-state index contributed by atoms with van der Waals surface area (Å²) in [6.45, 7) is 0.479. The molecule has 100 valence electrons. The first-order chi connectivity index (χ1) is 9.10. The number of ether oxygens (including phenoxy) is 1. The number of aryl methyl sites for hydroxylation is 1. The molecule has 0 radical (unpaired) electrons. The first kappa shape index (κ1) is 13.0. The zero-order chi connectivity index (χ0) is 13.8. The van der Waals surface area contributed by atoms with Crippen LogP contribution >= 0.6 is 0 Å². The minimum atomic E-state index is -0.180. The van der Waals surface area contributed by atoms with Gasteiger partial charge in [-0.15, -0.1) is 0 Å². The molecule has 5 heteroatoms. The summed E-state index contributed by atoms with van der Waals surface area (Å²) in [6.07, 6.45) is 3.89. The maximum Gasteiger partial charge on any atom is 0.255 e. The molecule has 0 aliphatic heterocycles. The van der Waals surface area contributed by atoms with Crippen molar-refractivity contribution in [1.29, 1.82) is 0 Å². The van der Waals surface area contributed by atoms with Gasteiger partial charge >= 0.3 is 0 Å². The molecule has 0 spiro atoms. The maximum atomic E-state index is 12.1. The van der Waals surface area contributed by atoms with Gasteiger partial charge in [0.1, 0.15) is 5.75 Å². The standard InChI is InChI=1S/C14H17N3O2/c1-17-6-5-10(9-17)8-16-14(18)12-4-3-11(15)7-13(12)19-2/h3-7,9H,8,15H2,1-2H3,(H,16,18). The Morgan fingerprint density at radius 3 is 2.84 bits per heavy atom. The van der Waals surface area contributed by atoms with Crippen molar-refractivity contribution in [2.24, 2.45) is 7.05 Å². The number of rotatable bonds is 4. The van der Waals surface area contributed by atoms with Crippen molar-refractivity contribution in [3.8, 4) is 5.75 Å². The molecule has 1 aromatic heterocycles. The summed E-state index contributed by atoms with van der Waals surface area (Å²) in [5.41, 5.74) is 7.75. The molecule has 0 saturated heterocycles. The molecule has 1 amide bonds. The number of methoxy groups -OCH3 is 1. The van der Waals surface area contributed by atoms with E-state index in [9.17, 15) is 4.79 Å². The lowest BCUT2D eigenvalue weighted by Crippen LogP contribution is -2.23. The third-order valence-electron chi connectivity index (χ3n) is 2.82. The van der Waals surface area contributed by atoms with E-state index in [1.165, 1.54) is 7.11 Å². The van der Waals surface area contributed by atoms with Crippen LogP contribution in [-0.2, 0) is 13.6 Å². The number of nitrogens with two attached hydrogens (primary N) is 1. The number of amides is 1. The van der Waals surface area contributed by atoms with Crippen LogP contribution in [0.4, 0.5) is 5.69 Å². The van der Waals surface area contributed by atoms with E-state index in [1.807, 2.05) is 30.1 Å². The minimum absolute atomic E-state index is 0.180. The molecule has 1 aromatic carbocycles. The summed E-state index contributed by atoms with van der Waals surface area (Å²) >= 11 is 0. The molecular weight excluding hydrogens is 242 g/mol. The van der Waals surface area contributed by atoms with Gasteiger partial charge in [-0.05, 0) is 23.8 Å². The predicted octanol–water partition coefficient (Wildman–Crippen LogP) is 1.55. The SMILES string of the molecule is COc1cc(N)ccc1C(=O)NCc1ccn(C)c1. The number of benzene rings is 1. The minimum Gasteiger partial charge on any atom is -0.496 e. The summed E-state index contributed by atoms with van der Waals surface area (Å²) in [6, 6.07) is 6.94. The molecule has 0 bridgehead atoms. The van der Waals surface area contributed by atoms with Crippen molar-refractivity contribution in [2.45, 2.75) is 6.54 Å². The highest BCUT2D eigenvalue weighted by atomic mass is 16.5. The van der Waals surface area contributed by atoms with Crippen LogP contribution in [0.25, 0.3) is 0 Å². The molecule has 3 N–H and O–H groups in total. The smallest absolute Gasteiger partial charge is 0.255 e. The van der Waals surface area contributed by atoms with E-state index < -0.39 is 0 Å². The van der Waals surface area contributed by atoms with Gasteiger partial charge in [0.25, 0.3) is 5.91 Å². The Kier molecular flexibility index (Phi) is 3.75. The number of anilines is 1. The molecule has 0 aliphatic carbocycles. The fourth-order valence-electron chi connectivity index (χ4n) is 1.84. The van der Waals surface area contributed by atoms with Crippen LogP contribution in [0.15, 0.2) is 36.7 Å². The number of hydrogen-bond donors (Lipinski definition) is 2. The molecule has 0 saturated carbocycles. The van der Waals surface area contributed by atoms with Gasteiger partial charge in [-0.25, -0.2) is 0 Å². The predicted molar refractivity (Wildman–Crippen MR) is 74.0 cm³/mol. The average Bonchev–Trinajstić information content (AvgIpc) is 2.81. The Hall–Kier alpha value is -2.43. The van der Waals surface area contributed by atoms with E-state index in [0.29, 0.717) is 23.5 Å². The molecule has 0 aliphatic rings. The molecule has 2 aromatic rings. The molecule has 1 heterocycles. The highest BCUT2D eigenvalue weighted by Crippen LogP contribution is 2.21. The van der Waals surface area contributed by atoms with Gasteiger partial charge in [0, 0.05) is 37.7 Å². The van der Waals surface area contributed by atoms with Gasteiger partial charge in [-0.1, -0.05) is 0 Å². The molecule has 19 heavy (non-hydrogen) atoms. The van der Waals surface area contributed by atoms with Crippen molar-refractivity contribution >= 4 is 11.6 Å². The van der Waals surface area contributed by atoms with E-state index in [0.717, 1.165) is 5.56 Å². The van der Waals surface area contributed by atoms with Gasteiger partial charge in [0.05, 0.1) is 12.7 Å². The lowest BCUT2D eigenvalue weighted by Gasteiger charge is -2.09. The number of nitrogen functional groups attached to an aromatic ring is 1. The molecule has 0 unspecified atom stereocenters. The summed E-state index contributed by atoms with van der Waals surface area (Å²) in [5.74, 6) is 0.297. The van der Waals surface area contributed by atoms with Crippen LogP contribution in [0.1, 0.15) is 15.9 Å². The topological polar surface area (TPSA) is 69.3 Å². The van der Waals surface area contributed by atoms with Gasteiger partial charge in [0.15, 0.2) is 0 Å². The van der Waals surface area contributed by atoms with Crippen LogP contribution in [-0.4, -0.2) is 17.6 Å². The van der Waals surface area contributed by atoms with E-state index in [4.69, 9.17) is 10.5 Å². The fraction of sp³-hybridized carbons (Fsp3) is 0.214. The fourth-order valence-corrected chi connectivity index (χ4v) is 1.84. The van der Waals surface area contributed by atoms with Gasteiger partial charge in [-0.3, -0.25) is 4.79 Å². The molecule has 0 fully saturated rings. The van der Waals surface area contributed by atoms with E-state index in [-0.39, 0.29) is 5.91 Å². The number of aromatic nitrogens is 1. The Bertz CT molecular complexity index is 590. The second kappa shape index (κ2) is 5.48. The zero-order valence-electron chi connectivity index (χ0n) is 11.0. The first-order valence-corrected chi connectivity index (χ1v) is 5.92. The van der Waals surface area contributed by atoms with E-state index in [1.54, 1.807) is 18.2 Å². The number of nitrogens with zero attached hydrogens (tertiary/aromatic N) is 1. The van der Waals surface area contributed by atoms with Crippen LogP contribution in [0.3, 0.4) is 0 Å². The normalized spacial score (nSPS) is 10.2. The Morgan fingerprint density at radius 1 is 1.42 bits per heavy atom. The number of carbonyl (C=O) groups is 1. The highest BCUT2D eigenvalue weighted by molar-refractivity contribution is 5.97. The highest BCUT2D eigenvalue weighted by Gasteiger charge is 2.12. The summed E-state index contributed by atoms with van der Waals surface area (Å²) < 4.78 is 7.09. The largest absolute Gasteiger partial charge is 0.496 e. The summed E-state index contributed by atoms with van der Waals surface area (Å²) in [5, 5.41) is 2.85. The van der Waals surface area contributed by atoms with Crippen LogP contribution in [0.2, 0.25) is 0 Å². The Labute approximate surface area is 112 Å². The van der Waals surface area contributed by atoms with Crippen molar-refractivity contribution in [3.05, 3.63) is 47.8 Å². The summed E-state index contributed by atoms with van der Waals surface area (Å²) in [7, 11) is 3.46. The van der Waals surface area contributed by atoms with Crippen LogP contribution in [0.5, 0.6) is 5.75 Å². The maximum absolute atomic E-state index is 12.1. The van der Waals surface area contributed by atoms with Gasteiger partial charge in [-0.2, -0.15) is 0 Å². The molecule has 0 atom stereocenters. The summed E-state index contributed by atoms with van der Waals surface area (Å²) in [4.78, 5) is 12.1. The van der Waals surface area contributed by atoms with Crippen LogP contribution < -0.4 is 15.8 Å². The van der Waals surface area contributed by atoms with Crippen molar-refractivity contribution < 1.29 is 9.53 Å². The van der Waals surface area contributed by atoms with E-state index >= 15 is 0 Å². The molecular formula is C14H17N3O2. The van der Waals surface area contributed by atoms with Crippen molar-refractivity contribution in [2.75, 3.05) is 12.8 Å². The Morgan fingerprint density at radius 2 is 2.21 bits per heavy atom. The monoisotopic (exact) mass is 259 g/mol. The molecule has 2 rings (SSSR count). The third kappa shape index (κ3) is 3.07. The van der Waals surface area contributed by atoms with Gasteiger partial charge < -0.3 is 20.4 Å². The quantitative estimate of drug-likeness (QED) is 0.818. The van der Waals surface area contributed by atoms with Crippen molar-refractivity contribution in [3.63, 3.8) is 0 Å². The second-order valence-electron chi connectivity index (χ2n) is 4.33. The number of hydrogen-bond acceptors (Lipinski definition) is 3. The molecule has 5 nitrogen and oxygen atoms in total. The number of nitrogens with one attached hydrogen (secondary N) is 1. The average molecular weight is 259 g/mol. The first-order valence-electron chi connectivity index (χ1n) is 5.92. The van der Waals surface area contributed by atoms with Crippen LogP contribution in [0, 0.1) is 0 Å². The van der Waals surface area contributed by atoms with Gasteiger partial charge in [0.2, 0.25) is 0 Å². The third-order valence-corrected chi connectivity index (χ3v) is 2.82. The lowest BCUT2D eigenvalue weighted by molar-refractivity contribution is 0.0948. The number of carbonyl (C=O) groups excluding carboxylic acids is 1. The van der Waals surface area contributed by atoms with E-state index in [2.05, 4.69) is 5.32 Å². The Balaban J connectivity index is 2.07. The zero-order valence-corrected chi connectivity index (χ0v) is 11.0.